The largest absolute Gasteiger partial charge is 0.415 e. The molecular formula is C12H10OPPd+. The van der Waals surface area contributed by atoms with Crippen LogP contribution in [0.2, 0.25) is 0 Å². The fourth-order valence-electron chi connectivity index (χ4n) is 1.28. The fourth-order valence-corrected chi connectivity index (χ4v) is 2.46. The van der Waals surface area contributed by atoms with Crippen LogP contribution in [0.3, 0.4) is 0 Å². The fraction of sp³-hybridized carbons (Fsp3) is 0. The molecule has 0 saturated heterocycles. The number of hydrogen-bond donors (Lipinski definition) is 0. The van der Waals surface area contributed by atoms with Crippen LogP contribution in [0.25, 0.3) is 0 Å². The van der Waals surface area contributed by atoms with E-state index in [2.05, 4.69) is 0 Å². The summed E-state index contributed by atoms with van der Waals surface area (Å²) >= 11 is 0. The van der Waals surface area contributed by atoms with Crippen molar-refractivity contribution in [2.24, 2.45) is 0 Å². The van der Waals surface area contributed by atoms with Crippen LogP contribution in [0, 0.1) is 0 Å². The van der Waals surface area contributed by atoms with Crippen LogP contribution in [-0.4, -0.2) is 0 Å². The molecule has 15 heavy (non-hydrogen) atoms. The molecule has 0 saturated carbocycles. The molecule has 78 valence electrons. The van der Waals surface area contributed by atoms with Crippen molar-refractivity contribution in [3.05, 3.63) is 60.7 Å². The van der Waals surface area contributed by atoms with E-state index < -0.39 is 7.80 Å². The van der Waals surface area contributed by atoms with Crippen LogP contribution in [0.4, 0.5) is 0 Å². The average molecular weight is 308 g/mol. The zero-order valence-corrected chi connectivity index (χ0v) is 10.4. The van der Waals surface area contributed by atoms with Crippen molar-refractivity contribution >= 4 is 18.4 Å². The molecule has 0 heterocycles. The second-order valence-corrected chi connectivity index (χ2v) is 4.59. The normalized spacial score (nSPS) is 9.07. The Morgan fingerprint density at radius 2 is 1.00 bits per heavy atom. The Bertz CT molecular complexity index is 386. The van der Waals surface area contributed by atoms with E-state index in [9.17, 15) is 4.57 Å². The minimum absolute atomic E-state index is 0. The first-order valence-corrected chi connectivity index (χ1v) is 5.71. The Hall–Kier alpha value is -0.798. The molecule has 0 aliphatic rings. The first-order valence-electron chi connectivity index (χ1n) is 4.45. The van der Waals surface area contributed by atoms with Gasteiger partial charge in [0.1, 0.15) is 0 Å². The third-order valence-electron chi connectivity index (χ3n) is 1.98. The molecule has 0 N–H and O–H groups in total. The molecule has 0 bridgehead atoms. The van der Waals surface area contributed by atoms with Gasteiger partial charge in [0.2, 0.25) is 0 Å². The first kappa shape index (κ1) is 12.3. The average Bonchev–Trinajstić information content (AvgIpc) is 2.30. The molecule has 2 aromatic rings. The summed E-state index contributed by atoms with van der Waals surface area (Å²) in [4.78, 5) is 0. The van der Waals surface area contributed by atoms with Gasteiger partial charge in [0.05, 0.1) is 0 Å². The Morgan fingerprint density at radius 1 is 0.667 bits per heavy atom. The van der Waals surface area contributed by atoms with Gasteiger partial charge in [-0.1, -0.05) is 41.0 Å². The second kappa shape index (κ2) is 5.93. The topological polar surface area (TPSA) is 17.1 Å². The maximum Gasteiger partial charge on any atom is 0.415 e. The van der Waals surface area contributed by atoms with Gasteiger partial charge in [-0.3, -0.25) is 0 Å². The minimum atomic E-state index is -1.42. The number of hydrogen-bond acceptors (Lipinski definition) is 1. The third kappa shape index (κ3) is 3.08. The van der Waals surface area contributed by atoms with Crippen LogP contribution in [0.1, 0.15) is 0 Å². The van der Waals surface area contributed by atoms with Crippen LogP contribution in [0.15, 0.2) is 60.7 Å². The van der Waals surface area contributed by atoms with E-state index in [4.69, 9.17) is 0 Å². The van der Waals surface area contributed by atoms with Crippen molar-refractivity contribution in [3.8, 4) is 0 Å². The van der Waals surface area contributed by atoms with E-state index in [1.165, 1.54) is 0 Å². The summed E-state index contributed by atoms with van der Waals surface area (Å²) in [6.07, 6.45) is 0. The molecule has 0 amide bonds. The van der Waals surface area contributed by atoms with Gasteiger partial charge in [0.25, 0.3) is 0 Å². The summed E-state index contributed by atoms with van der Waals surface area (Å²) < 4.78 is 12.0. The Balaban J connectivity index is 0.00000112. The molecule has 2 aromatic carbocycles. The van der Waals surface area contributed by atoms with E-state index in [1.54, 1.807) is 0 Å². The molecule has 0 atom stereocenters. The maximum atomic E-state index is 12.0. The van der Waals surface area contributed by atoms with Gasteiger partial charge in [-0.25, -0.2) is 0 Å². The van der Waals surface area contributed by atoms with Gasteiger partial charge < -0.3 is 0 Å². The molecule has 0 spiro atoms. The van der Waals surface area contributed by atoms with E-state index in [-0.39, 0.29) is 20.4 Å². The predicted molar refractivity (Wildman–Crippen MR) is 59.8 cm³/mol. The molecule has 0 aliphatic heterocycles. The van der Waals surface area contributed by atoms with E-state index in [1.807, 2.05) is 60.7 Å². The zero-order chi connectivity index (χ0) is 9.80. The Labute approximate surface area is 104 Å². The van der Waals surface area contributed by atoms with Crippen molar-refractivity contribution in [1.29, 1.82) is 0 Å². The summed E-state index contributed by atoms with van der Waals surface area (Å²) in [7, 11) is -1.42. The molecule has 0 aromatic heterocycles. The standard InChI is InChI=1S/C12H10OP.Pd/c13-14(11-7-3-1-4-8-11)12-9-5-2-6-10-12;/h1-10H;/q+1;. The van der Waals surface area contributed by atoms with E-state index >= 15 is 0 Å². The minimum Gasteiger partial charge on any atom is -0.0619 e. The monoisotopic (exact) mass is 307 g/mol. The summed E-state index contributed by atoms with van der Waals surface area (Å²) in [6, 6.07) is 19.1. The van der Waals surface area contributed by atoms with Gasteiger partial charge in [-0.2, -0.15) is 0 Å². The molecule has 0 fully saturated rings. The third-order valence-corrected chi connectivity index (χ3v) is 3.52. The van der Waals surface area contributed by atoms with E-state index in [0.29, 0.717) is 0 Å². The molecule has 3 heteroatoms. The van der Waals surface area contributed by atoms with Crippen LogP contribution in [0.5, 0.6) is 0 Å². The second-order valence-electron chi connectivity index (χ2n) is 2.97. The van der Waals surface area contributed by atoms with Gasteiger partial charge in [-0.05, 0) is 24.3 Å². The first-order chi connectivity index (χ1) is 6.88. The molecule has 0 radical (unpaired) electrons. The van der Waals surface area contributed by atoms with Crippen LogP contribution < -0.4 is 10.6 Å². The maximum absolute atomic E-state index is 12.0. The molecular weight excluding hydrogens is 298 g/mol. The molecule has 0 unspecified atom stereocenters. The number of rotatable bonds is 2. The zero-order valence-electron chi connectivity index (χ0n) is 7.95. The van der Waals surface area contributed by atoms with Crippen molar-refractivity contribution in [3.63, 3.8) is 0 Å². The van der Waals surface area contributed by atoms with Crippen LogP contribution in [-0.2, 0) is 25.0 Å². The van der Waals surface area contributed by atoms with E-state index in [0.717, 1.165) is 10.6 Å². The quantitative estimate of drug-likeness (QED) is 0.615. The summed E-state index contributed by atoms with van der Waals surface area (Å²) in [5.74, 6) is 0. The molecule has 2 rings (SSSR count). The summed E-state index contributed by atoms with van der Waals surface area (Å²) in [6.45, 7) is 0. The molecule has 1 nitrogen and oxygen atoms in total. The molecule has 0 aliphatic carbocycles. The Kier molecular flexibility index (Phi) is 4.85. The Morgan fingerprint density at radius 3 is 1.33 bits per heavy atom. The van der Waals surface area contributed by atoms with Gasteiger partial charge in [0, 0.05) is 20.4 Å². The van der Waals surface area contributed by atoms with Crippen molar-refractivity contribution < 1.29 is 25.0 Å². The predicted octanol–water partition coefficient (Wildman–Crippen LogP) is 2.46. The van der Waals surface area contributed by atoms with Gasteiger partial charge >= 0.3 is 7.80 Å². The van der Waals surface area contributed by atoms with Crippen molar-refractivity contribution in [1.82, 2.24) is 0 Å². The number of benzene rings is 2. The van der Waals surface area contributed by atoms with Crippen LogP contribution >= 0.6 is 7.80 Å². The smallest absolute Gasteiger partial charge is 0.0619 e. The SMILES string of the molecule is O=[P+](c1ccccc1)c1ccccc1.[Pd]. The summed E-state index contributed by atoms with van der Waals surface area (Å²) in [5.41, 5.74) is 0. The summed E-state index contributed by atoms with van der Waals surface area (Å²) in [5, 5.41) is 1.77. The van der Waals surface area contributed by atoms with Gasteiger partial charge in [-0.15, -0.1) is 0 Å². The van der Waals surface area contributed by atoms with Gasteiger partial charge in [0.15, 0.2) is 10.6 Å². The van der Waals surface area contributed by atoms with Crippen molar-refractivity contribution in [2.45, 2.75) is 0 Å². The van der Waals surface area contributed by atoms with Crippen molar-refractivity contribution in [2.75, 3.05) is 0 Å².